The number of hydrogen-bond acceptors (Lipinski definition) is 27. The fourth-order valence-electron chi connectivity index (χ4n) is 8.60. The normalized spacial score (nSPS) is 30.6. The van der Waals surface area contributed by atoms with E-state index in [1.807, 2.05) is 4.98 Å². The molecule has 3 fully saturated rings. The van der Waals surface area contributed by atoms with Crippen LogP contribution < -0.4 is 37.7 Å². The number of rotatable bonds is 21. The van der Waals surface area contributed by atoms with Crippen LogP contribution in [-0.2, 0) is 70.7 Å². The summed E-state index contributed by atoms with van der Waals surface area (Å²) in [6, 6.07) is 0.917. The summed E-state index contributed by atoms with van der Waals surface area (Å²) >= 11 is 0. The highest BCUT2D eigenvalue weighted by Gasteiger charge is 2.55. The van der Waals surface area contributed by atoms with Crippen molar-refractivity contribution in [2.45, 2.75) is 80.5 Å². The second-order valence-electron chi connectivity index (χ2n) is 16.5. The predicted octanol–water partition coefficient (Wildman–Crippen LogP) is -4.05. The first-order valence-corrected chi connectivity index (χ1v) is 27.6. The summed E-state index contributed by atoms with van der Waals surface area (Å²) < 4.78 is 110. The van der Waals surface area contributed by atoms with Gasteiger partial charge in [-0.1, -0.05) is 4.98 Å². The van der Waals surface area contributed by atoms with E-state index in [0.717, 1.165) is 41.2 Å². The number of nitrogens with zero attached hydrogens (tertiary/aromatic N) is 8. The van der Waals surface area contributed by atoms with Gasteiger partial charge in [0, 0.05) is 32.4 Å². The molecule has 408 valence electrons. The number of aromatic amines is 2. The van der Waals surface area contributed by atoms with Crippen LogP contribution >= 0.6 is 31.1 Å². The molecule has 40 heteroatoms. The van der Waals surface area contributed by atoms with Gasteiger partial charge in [0.05, 0.1) is 57.2 Å². The molecular formula is C34H48N12O24P4. The Morgan fingerprint density at radius 3 is 2.12 bits per heavy atom. The summed E-state index contributed by atoms with van der Waals surface area (Å²) in [4.78, 5) is 103. The fraction of sp³-hybridized carbons (Fsp3) is 0.588. The van der Waals surface area contributed by atoms with E-state index in [-0.39, 0.29) is 47.2 Å². The molecule has 5 unspecified atom stereocenters. The van der Waals surface area contributed by atoms with Crippen molar-refractivity contribution in [2.24, 2.45) is 5.92 Å². The molecular weight excluding hydrogens is 1080 g/mol. The lowest BCUT2D eigenvalue weighted by molar-refractivity contribution is -0.746. The molecule has 0 radical (unpaired) electrons. The summed E-state index contributed by atoms with van der Waals surface area (Å²) in [6.45, 7) is -1.64. The first-order chi connectivity index (χ1) is 34.8. The van der Waals surface area contributed by atoms with Crippen molar-refractivity contribution in [1.29, 1.82) is 0 Å². The zero-order valence-electron chi connectivity index (χ0n) is 38.4. The van der Waals surface area contributed by atoms with E-state index in [2.05, 4.69) is 33.5 Å². The summed E-state index contributed by atoms with van der Waals surface area (Å²) in [5.41, 5.74) is 7.21. The van der Waals surface area contributed by atoms with E-state index in [1.165, 1.54) is 22.6 Å². The number of fused-ring (bicyclic) bond motifs is 2. The van der Waals surface area contributed by atoms with E-state index in [0.29, 0.717) is 0 Å². The molecule has 3 saturated heterocycles. The Hall–Kier alpha value is -4.58. The van der Waals surface area contributed by atoms with Gasteiger partial charge in [-0.15, -0.1) is 0 Å². The molecule has 8 rings (SSSR count). The van der Waals surface area contributed by atoms with Crippen molar-refractivity contribution in [3.63, 3.8) is 0 Å². The highest BCUT2D eigenvalue weighted by molar-refractivity contribution is 7.66. The molecule has 5 aromatic rings. The molecule has 0 saturated carbocycles. The first-order valence-electron chi connectivity index (χ1n) is 21.5. The van der Waals surface area contributed by atoms with Gasteiger partial charge in [-0.25, -0.2) is 38.0 Å². The molecule has 36 nitrogen and oxygen atoms in total. The van der Waals surface area contributed by atoms with Gasteiger partial charge in [-0.2, -0.15) is 8.62 Å². The van der Waals surface area contributed by atoms with Crippen molar-refractivity contribution in [2.75, 3.05) is 52.1 Å². The molecule has 0 spiro atoms. The predicted molar refractivity (Wildman–Crippen MR) is 239 cm³/mol. The van der Waals surface area contributed by atoms with Crippen LogP contribution in [0.4, 0.5) is 11.8 Å². The second-order valence-corrected chi connectivity index (χ2v) is 23.1. The number of aromatic nitrogens is 10. The van der Waals surface area contributed by atoms with Crippen molar-refractivity contribution >= 4 is 65.2 Å². The van der Waals surface area contributed by atoms with Gasteiger partial charge in [0.15, 0.2) is 30.2 Å². The zero-order chi connectivity index (χ0) is 53.8. The molecule has 3 aliphatic heterocycles. The third-order valence-corrected chi connectivity index (χ3v) is 18.0. The number of methoxy groups -OCH3 is 2. The van der Waals surface area contributed by atoms with Crippen molar-refractivity contribution < 1.29 is 104 Å². The Bertz CT molecular complexity index is 3260. The van der Waals surface area contributed by atoms with Crippen molar-refractivity contribution in [3.05, 3.63) is 62.4 Å². The second kappa shape index (κ2) is 21.4. The van der Waals surface area contributed by atoms with Crippen LogP contribution in [0.25, 0.3) is 22.3 Å². The number of ether oxygens (including phenoxy) is 5. The Morgan fingerprint density at radius 2 is 1.47 bits per heavy atom. The monoisotopic (exact) mass is 1130 g/mol. The van der Waals surface area contributed by atoms with E-state index >= 15 is 0 Å². The Morgan fingerprint density at radius 1 is 0.811 bits per heavy atom. The van der Waals surface area contributed by atoms with E-state index in [4.69, 9.17) is 48.7 Å². The highest BCUT2D eigenvalue weighted by Crippen LogP contribution is 2.68. The smallest absolute Gasteiger partial charge is 0.490 e. The van der Waals surface area contributed by atoms with E-state index < -0.39 is 141 Å². The number of aryl methyl sites for hydroxylation is 1. The molecule has 0 bridgehead atoms. The molecule has 8 heterocycles. The molecule has 3 aliphatic rings. The number of nitrogen functional groups attached to an aromatic ring is 2. The number of anilines is 2. The molecule has 0 aliphatic carbocycles. The summed E-state index contributed by atoms with van der Waals surface area (Å²) in [5.74, 6) is -1.41. The van der Waals surface area contributed by atoms with Crippen LogP contribution in [0.5, 0.6) is 0 Å². The lowest BCUT2D eigenvalue weighted by atomic mass is 9.99. The van der Waals surface area contributed by atoms with Crippen LogP contribution in [0.3, 0.4) is 0 Å². The number of hydrogen-bond donors (Lipinski definition) is 10. The number of phosphoric acid groups is 3. The maximum absolute atomic E-state index is 14.2. The molecule has 16 atom stereocenters. The lowest BCUT2D eigenvalue weighted by Gasteiger charge is -2.35. The Kier molecular flexibility index (Phi) is 16.1. The quantitative estimate of drug-likeness (QED) is 0.0247. The average Bonchev–Trinajstić information content (AvgIpc) is 4.13. The van der Waals surface area contributed by atoms with Gasteiger partial charge in [0.2, 0.25) is 11.7 Å². The van der Waals surface area contributed by atoms with Gasteiger partial charge in [-0.05, 0) is 6.92 Å². The van der Waals surface area contributed by atoms with E-state index in [1.54, 1.807) is 6.92 Å². The molecule has 0 amide bonds. The number of phosphoric ester groups is 2. The molecule has 5 aromatic heterocycles. The lowest BCUT2D eigenvalue weighted by Crippen LogP contribution is -2.45. The van der Waals surface area contributed by atoms with Gasteiger partial charge in [0.25, 0.3) is 17.1 Å². The molecule has 12 N–H and O–H groups in total. The minimum Gasteiger partial charge on any atom is -0.778 e. The molecule has 0 aromatic carbocycles. The first kappa shape index (κ1) is 55.6. The third kappa shape index (κ3) is 11.3. The number of H-pyrrole nitrogens is 2. The third-order valence-electron chi connectivity index (χ3n) is 11.9. The van der Waals surface area contributed by atoms with E-state index in [9.17, 15) is 67.5 Å². The SMILES string of the molecule is CCn1c[n+]([C@@H]2O[C@H](COP(=O)(O)OP(=O)(O)OP(=O)(O)OCC3O[C@@H](n4cnc5c(N)ncnc54)[C@H](OC)[C@@H]3P(=O)([O-])OC[C@H]3O[C@@H](n4ccc(=O)[nH]c4=O)[C@H](O)[C@@H]3O)[C@@H](COC)[C@H]2O)c2nc(N)[nH]c(=O)c21. The Labute approximate surface area is 412 Å². The summed E-state index contributed by atoms with van der Waals surface area (Å²) in [6.07, 6.45) is -11.9. The number of aliphatic hydroxyl groups is 3. The van der Waals surface area contributed by atoms with Gasteiger partial charge >= 0.3 is 34.8 Å². The van der Waals surface area contributed by atoms with Crippen LogP contribution in [0.1, 0.15) is 25.6 Å². The largest absolute Gasteiger partial charge is 0.778 e. The maximum Gasteiger partial charge on any atom is 0.490 e. The van der Waals surface area contributed by atoms with Crippen LogP contribution in [0.2, 0.25) is 0 Å². The number of imidazole rings is 2. The minimum atomic E-state index is -6.20. The molecule has 74 heavy (non-hydrogen) atoms. The van der Waals surface area contributed by atoms with Gasteiger partial charge in [0.1, 0.15) is 50.0 Å². The van der Waals surface area contributed by atoms with Crippen LogP contribution in [-0.4, -0.2) is 163 Å². The summed E-state index contributed by atoms with van der Waals surface area (Å²) in [5, 5.41) is 32.8. The topological polar surface area (TPSA) is 510 Å². The zero-order valence-corrected chi connectivity index (χ0v) is 42.0. The number of aliphatic hydroxyl groups excluding tert-OH is 3. The number of nitrogens with two attached hydrogens (primary N) is 2. The van der Waals surface area contributed by atoms with Crippen molar-refractivity contribution in [3.8, 4) is 0 Å². The van der Waals surface area contributed by atoms with Crippen LogP contribution in [0.15, 0.2) is 45.6 Å². The van der Waals surface area contributed by atoms with Crippen LogP contribution in [0, 0.1) is 5.92 Å². The summed E-state index contributed by atoms with van der Waals surface area (Å²) in [7, 11) is -21.3. The van der Waals surface area contributed by atoms with Gasteiger partial charge in [-0.3, -0.25) is 42.3 Å². The standard InChI is InChI=1S/C34H48N12O24P4/c1-4-43-13-46(28-20(43)29(51)42-33(36)41-28)30-21(48)14(7-61-2)15(66-30)8-64-72(55,56)69-74(59,60)70-73(57,58)65-10-17-25(24(62-3)32(68-17)45-12-39-19-26(35)37-11-38-27(19)45)71(53,54)63-9-16-22(49)23(50)31(67-16)44-6-5-18(47)40-34(44)52/h5-6,11-17,21-25,30-32,48-50H,4,7-10H2,1-3H3,(H9-,35,36,37,38,40,41,42,47,51,52,53,54,55,56,57,58,59,60)/t14-,15-,16-,17?,21-,22-,23-,24-,25-,30-,31-,32-/m1/s1. The Balaban J connectivity index is 0.958. The average molecular weight is 1130 g/mol. The minimum absolute atomic E-state index is 0.00657. The highest BCUT2D eigenvalue weighted by atomic mass is 31.3. The van der Waals surface area contributed by atoms with Gasteiger partial charge < -0.3 is 79.1 Å². The maximum atomic E-state index is 14.2. The van der Waals surface area contributed by atoms with Crippen molar-refractivity contribution in [1.82, 2.24) is 43.6 Å². The number of nitrogens with one attached hydrogen (secondary N) is 2. The fourth-order valence-corrected chi connectivity index (χ4v) is 13.8.